The third-order valence-corrected chi connectivity index (χ3v) is 5.55. The lowest BCUT2D eigenvalue weighted by Crippen LogP contribution is -2.20. The molecule has 2 amide bonds. The maximum Gasteiger partial charge on any atom is 0.323 e. The van der Waals surface area contributed by atoms with Gasteiger partial charge in [0.25, 0.3) is 0 Å². The number of anilines is 2. The molecule has 154 valence electrons. The molecule has 3 rings (SSSR count). The van der Waals surface area contributed by atoms with Gasteiger partial charge < -0.3 is 20.5 Å². The molecule has 0 bridgehead atoms. The molecule has 29 heavy (non-hydrogen) atoms. The highest BCUT2D eigenvalue weighted by Crippen LogP contribution is 2.37. The average molecular weight is 396 g/mol. The van der Waals surface area contributed by atoms with Crippen LogP contribution in [0.15, 0.2) is 42.5 Å². The summed E-state index contributed by atoms with van der Waals surface area (Å²) >= 11 is 0. The molecule has 6 nitrogen and oxygen atoms in total. The number of carboxylic acids is 1. The number of hydrogen-bond donors (Lipinski definition) is 3. The number of carbonyl (C=O) groups is 2. The van der Waals surface area contributed by atoms with Gasteiger partial charge in [0, 0.05) is 12.1 Å². The largest absolute Gasteiger partial charge is 0.495 e. The Morgan fingerprint density at radius 3 is 2.34 bits per heavy atom. The summed E-state index contributed by atoms with van der Waals surface area (Å²) in [6.07, 6.45) is 4.21. The first-order valence-electron chi connectivity index (χ1n) is 9.99. The number of benzene rings is 2. The van der Waals surface area contributed by atoms with Gasteiger partial charge in [-0.2, -0.15) is 0 Å². The zero-order chi connectivity index (χ0) is 20.8. The normalized spacial score (nSPS) is 18.7. The van der Waals surface area contributed by atoms with Crippen LogP contribution in [-0.4, -0.2) is 24.2 Å². The van der Waals surface area contributed by atoms with Gasteiger partial charge in [0.05, 0.1) is 12.8 Å². The zero-order valence-electron chi connectivity index (χ0n) is 16.9. The zero-order valence-corrected chi connectivity index (χ0v) is 16.9. The summed E-state index contributed by atoms with van der Waals surface area (Å²) in [5.74, 6) is 0.663. The summed E-state index contributed by atoms with van der Waals surface area (Å²) in [5.41, 5.74) is 3.62. The first kappa shape index (κ1) is 20.7. The third-order valence-electron chi connectivity index (χ3n) is 5.55. The van der Waals surface area contributed by atoms with Gasteiger partial charge in [0.2, 0.25) is 0 Å². The lowest BCUT2D eigenvalue weighted by molar-refractivity contribution is -0.138. The minimum Gasteiger partial charge on any atom is -0.495 e. The molecule has 0 aliphatic heterocycles. The van der Waals surface area contributed by atoms with Crippen LogP contribution < -0.4 is 15.4 Å². The molecule has 0 unspecified atom stereocenters. The topological polar surface area (TPSA) is 87.7 Å². The van der Waals surface area contributed by atoms with E-state index >= 15 is 0 Å². The number of nitrogens with one attached hydrogen (secondary N) is 2. The second kappa shape index (κ2) is 9.45. The highest BCUT2D eigenvalue weighted by atomic mass is 16.5. The molecule has 1 aliphatic carbocycles. The van der Waals surface area contributed by atoms with Crippen molar-refractivity contribution in [1.82, 2.24) is 0 Å². The number of amides is 2. The smallest absolute Gasteiger partial charge is 0.323 e. The van der Waals surface area contributed by atoms with Crippen LogP contribution in [0.4, 0.5) is 16.2 Å². The van der Waals surface area contributed by atoms with Gasteiger partial charge in [-0.3, -0.25) is 4.79 Å². The summed E-state index contributed by atoms with van der Waals surface area (Å²) in [4.78, 5) is 23.2. The molecule has 3 N–H and O–H groups in total. The quantitative estimate of drug-likeness (QED) is 0.610. The van der Waals surface area contributed by atoms with Crippen LogP contribution in [-0.2, 0) is 4.79 Å². The number of ether oxygens (including phenoxy) is 1. The van der Waals surface area contributed by atoms with Crippen LogP contribution in [0.3, 0.4) is 0 Å². The molecule has 0 heterocycles. The fourth-order valence-corrected chi connectivity index (χ4v) is 3.99. The number of carbonyl (C=O) groups excluding carboxylic acids is 1. The maximum atomic E-state index is 12.3. The van der Waals surface area contributed by atoms with E-state index in [1.54, 1.807) is 7.11 Å². The first-order valence-corrected chi connectivity index (χ1v) is 9.99. The van der Waals surface area contributed by atoms with Gasteiger partial charge in [0.15, 0.2) is 0 Å². The van der Waals surface area contributed by atoms with Gasteiger partial charge >= 0.3 is 12.0 Å². The van der Waals surface area contributed by atoms with Crippen LogP contribution in [0.25, 0.3) is 0 Å². The monoisotopic (exact) mass is 396 g/mol. The summed E-state index contributed by atoms with van der Waals surface area (Å²) in [5, 5.41) is 14.6. The Balaban J connectivity index is 1.55. The van der Waals surface area contributed by atoms with E-state index < -0.39 is 5.97 Å². The average Bonchev–Trinajstić information content (AvgIpc) is 2.69. The molecular weight excluding hydrogens is 368 g/mol. The van der Waals surface area contributed by atoms with Crippen molar-refractivity contribution < 1.29 is 19.4 Å². The Morgan fingerprint density at radius 1 is 1.03 bits per heavy atom. The predicted octanol–water partition coefficient (Wildman–Crippen LogP) is 5.40. The van der Waals surface area contributed by atoms with Crippen LogP contribution in [0.2, 0.25) is 0 Å². The maximum absolute atomic E-state index is 12.3. The summed E-state index contributed by atoms with van der Waals surface area (Å²) < 4.78 is 5.29. The van der Waals surface area contributed by atoms with Gasteiger partial charge in [-0.05, 0) is 79.8 Å². The lowest BCUT2D eigenvalue weighted by Gasteiger charge is -2.28. The predicted molar refractivity (Wildman–Crippen MR) is 114 cm³/mol. The molecule has 0 saturated heterocycles. The van der Waals surface area contributed by atoms with Crippen molar-refractivity contribution in [2.45, 2.75) is 44.9 Å². The number of carboxylic acid groups (broad SMARTS) is 1. The summed E-state index contributed by atoms with van der Waals surface area (Å²) in [6.45, 7) is 1.95. The number of methoxy groups -OCH3 is 1. The second-order valence-corrected chi connectivity index (χ2v) is 7.72. The highest BCUT2D eigenvalue weighted by molar-refractivity contribution is 6.00. The molecule has 1 aliphatic rings. The van der Waals surface area contributed by atoms with Crippen LogP contribution in [0, 0.1) is 12.8 Å². The van der Waals surface area contributed by atoms with Crippen molar-refractivity contribution in [2.24, 2.45) is 5.92 Å². The standard InChI is InChI=1S/C23H28N2O4/c1-15-3-12-21(29-2)20(13-15)25-23(28)24-19-10-8-18(9-11-19)17-6-4-16(5-7-17)14-22(26)27/h3,8-13,16-17H,4-7,14H2,1-2H3,(H,26,27)(H2,24,25,28)/t16-,17-. The van der Waals surface area contributed by atoms with Crippen LogP contribution in [0.5, 0.6) is 5.75 Å². The van der Waals surface area contributed by atoms with Gasteiger partial charge in [-0.25, -0.2) is 4.79 Å². The molecule has 0 atom stereocenters. The van der Waals surface area contributed by atoms with E-state index in [9.17, 15) is 9.59 Å². The van der Waals surface area contributed by atoms with Crippen molar-refractivity contribution in [3.63, 3.8) is 0 Å². The number of urea groups is 1. The summed E-state index contributed by atoms with van der Waals surface area (Å²) in [6, 6.07) is 13.2. The first-order chi connectivity index (χ1) is 13.9. The number of rotatable bonds is 6. The highest BCUT2D eigenvalue weighted by Gasteiger charge is 2.23. The molecule has 2 aromatic rings. The minimum absolute atomic E-state index is 0.274. The van der Waals surface area contributed by atoms with E-state index in [1.165, 1.54) is 5.56 Å². The Morgan fingerprint density at radius 2 is 1.72 bits per heavy atom. The molecule has 0 radical (unpaired) electrons. The molecule has 6 heteroatoms. The third kappa shape index (κ3) is 5.73. The fraction of sp³-hybridized carbons (Fsp3) is 0.391. The van der Waals surface area contributed by atoms with E-state index in [4.69, 9.17) is 9.84 Å². The van der Waals surface area contributed by atoms with Crippen molar-refractivity contribution in [2.75, 3.05) is 17.7 Å². The Kier molecular flexibility index (Phi) is 6.75. The van der Waals surface area contributed by atoms with E-state index in [2.05, 4.69) is 10.6 Å². The van der Waals surface area contributed by atoms with Crippen LogP contribution >= 0.6 is 0 Å². The Labute approximate surface area is 171 Å². The van der Waals surface area contributed by atoms with Gasteiger partial charge in [-0.15, -0.1) is 0 Å². The molecule has 1 saturated carbocycles. The molecule has 1 fully saturated rings. The van der Waals surface area contributed by atoms with E-state index in [0.29, 0.717) is 23.3 Å². The second-order valence-electron chi connectivity index (χ2n) is 7.72. The van der Waals surface area contributed by atoms with Crippen molar-refractivity contribution in [3.05, 3.63) is 53.6 Å². The van der Waals surface area contributed by atoms with E-state index in [1.807, 2.05) is 49.4 Å². The van der Waals surface area contributed by atoms with E-state index in [0.717, 1.165) is 36.9 Å². The molecule has 2 aromatic carbocycles. The molecule has 0 aromatic heterocycles. The Hall–Kier alpha value is -3.02. The van der Waals surface area contributed by atoms with Crippen molar-refractivity contribution >= 4 is 23.4 Å². The fourth-order valence-electron chi connectivity index (χ4n) is 3.99. The number of hydrogen-bond acceptors (Lipinski definition) is 3. The Bertz CT molecular complexity index is 856. The SMILES string of the molecule is COc1ccc(C)cc1NC(=O)Nc1ccc([C@H]2CC[C@H](CC(=O)O)CC2)cc1. The van der Waals surface area contributed by atoms with Crippen molar-refractivity contribution in [3.8, 4) is 5.75 Å². The van der Waals surface area contributed by atoms with Gasteiger partial charge in [0.1, 0.15) is 5.75 Å². The number of aryl methyl sites for hydroxylation is 1. The minimum atomic E-state index is -0.703. The number of aliphatic carboxylic acids is 1. The summed E-state index contributed by atoms with van der Waals surface area (Å²) in [7, 11) is 1.57. The van der Waals surface area contributed by atoms with Crippen molar-refractivity contribution in [1.29, 1.82) is 0 Å². The lowest BCUT2D eigenvalue weighted by atomic mass is 9.77. The van der Waals surface area contributed by atoms with Gasteiger partial charge in [-0.1, -0.05) is 18.2 Å². The molecule has 0 spiro atoms. The molecular formula is C23H28N2O4. The van der Waals surface area contributed by atoms with E-state index in [-0.39, 0.29) is 12.5 Å². The van der Waals surface area contributed by atoms with Crippen LogP contribution in [0.1, 0.15) is 49.1 Å².